The molecule has 0 N–H and O–H groups in total. The highest BCUT2D eigenvalue weighted by atomic mass is 16.5. The van der Waals surface area contributed by atoms with Gasteiger partial charge in [0.1, 0.15) is 0 Å². The van der Waals surface area contributed by atoms with E-state index in [1.807, 2.05) is 11.8 Å². The van der Waals surface area contributed by atoms with E-state index in [1.165, 1.54) is 19.3 Å². The van der Waals surface area contributed by atoms with Crippen LogP contribution in [-0.2, 0) is 9.53 Å². The fraction of sp³-hybridized carbons (Fsp3) is 0.909. The van der Waals surface area contributed by atoms with E-state index in [0.717, 1.165) is 19.5 Å². The third-order valence-corrected chi connectivity index (χ3v) is 3.22. The van der Waals surface area contributed by atoms with Crippen LogP contribution in [0.4, 0.5) is 0 Å². The van der Waals surface area contributed by atoms with Crippen molar-refractivity contribution in [3.63, 3.8) is 0 Å². The van der Waals surface area contributed by atoms with Crippen molar-refractivity contribution < 1.29 is 9.53 Å². The third-order valence-electron chi connectivity index (χ3n) is 3.22. The summed E-state index contributed by atoms with van der Waals surface area (Å²) in [7, 11) is 0. The molecule has 80 valence electrons. The molecule has 1 amide bonds. The summed E-state index contributed by atoms with van der Waals surface area (Å²) in [6.45, 7) is 4.60. The molecule has 2 heterocycles. The fourth-order valence-corrected chi connectivity index (χ4v) is 2.36. The van der Waals surface area contributed by atoms with Crippen LogP contribution in [0.25, 0.3) is 0 Å². The number of likely N-dealkylation sites (tertiary alicyclic amines) is 1. The van der Waals surface area contributed by atoms with Crippen molar-refractivity contribution in [1.29, 1.82) is 0 Å². The monoisotopic (exact) mass is 197 g/mol. The molecule has 2 unspecified atom stereocenters. The average molecular weight is 197 g/mol. The van der Waals surface area contributed by atoms with E-state index in [0.29, 0.717) is 12.5 Å². The number of carbonyl (C=O) groups is 1. The quantitative estimate of drug-likeness (QED) is 0.636. The lowest BCUT2D eigenvalue weighted by atomic mass is 10.0. The standard InChI is InChI=1S/C11H19NO2/c1-9-7-10(8-14-9)11(13)12-5-3-2-4-6-12/h9-10H,2-8H2,1H3. The summed E-state index contributed by atoms with van der Waals surface area (Å²) in [6, 6.07) is 0. The van der Waals surface area contributed by atoms with Gasteiger partial charge < -0.3 is 9.64 Å². The molecule has 2 fully saturated rings. The fourth-order valence-electron chi connectivity index (χ4n) is 2.36. The van der Waals surface area contributed by atoms with Gasteiger partial charge >= 0.3 is 0 Å². The van der Waals surface area contributed by atoms with Crippen molar-refractivity contribution in [1.82, 2.24) is 4.90 Å². The molecule has 0 spiro atoms. The highest BCUT2D eigenvalue weighted by Gasteiger charge is 2.31. The first kappa shape index (κ1) is 9.97. The summed E-state index contributed by atoms with van der Waals surface area (Å²) in [5.41, 5.74) is 0. The Hall–Kier alpha value is -0.570. The number of piperidine rings is 1. The topological polar surface area (TPSA) is 29.5 Å². The highest BCUT2D eigenvalue weighted by Crippen LogP contribution is 2.22. The van der Waals surface area contributed by atoms with Crippen LogP contribution in [0.3, 0.4) is 0 Å². The van der Waals surface area contributed by atoms with Crippen LogP contribution in [0, 0.1) is 5.92 Å². The van der Waals surface area contributed by atoms with Crippen LogP contribution in [0.5, 0.6) is 0 Å². The van der Waals surface area contributed by atoms with Gasteiger partial charge in [0.05, 0.1) is 18.6 Å². The Morgan fingerprint density at radius 3 is 2.57 bits per heavy atom. The zero-order valence-electron chi connectivity index (χ0n) is 8.87. The number of carbonyl (C=O) groups excluding carboxylic acids is 1. The molecular formula is C11H19NO2. The number of amides is 1. The van der Waals surface area contributed by atoms with Crippen LogP contribution >= 0.6 is 0 Å². The Kier molecular flexibility index (Phi) is 3.06. The van der Waals surface area contributed by atoms with Gasteiger partial charge in [-0.1, -0.05) is 0 Å². The van der Waals surface area contributed by atoms with Gasteiger partial charge in [0.2, 0.25) is 5.91 Å². The maximum Gasteiger partial charge on any atom is 0.228 e. The van der Waals surface area contributed by atoms with E-state index in [2.05, 4.69) is 0 Å². The third kappa shape index (κ3) is 2.08. The molecule has 0 aromatic heterocycles. The average Bonchev–Trinajstić information content (AvgIpc) is 2.65. The van der Waals surface area contributed by atoms with E-state index >= 15 is 0 Å². The lowest BCUT2D eigenvalue weighted by Crippen LogP contribution is -2.39. The van der Waals surface area contributed by atoms with Crippen LogP contribution < -0.4 is 0 Å². The van der Waals surface area contributed by atoms with E-state index in [1.54, 1.807) is 0 Å². The predicted molar refractivity (Wildman–Crippen MR) is 54.0 cm³/mol. The molecule has 0 saturated carbocycles. The molecule has 3 nitrogen and oxygen atoms in total. The maximum atomic E-state index is 12.0. The first-order valence-electron chi connectivity index (χ1n) is 5.68. The molecule has 0 bridgehead atoms. The summed E-state index contributed by atoms with van der Waals surface area (Å²) in [5.74, 6) is 0.470. The van der Waals surface area contributed by atoms with Crippen LogP contribution in [0.1, 0.15) is 32.6 Å². The van der Waals surface area contributed by atoms with Crippen LogP contribution in [-0.4, -0.2) is 36.6 Å². The van der Waals surface area contributed by atoms with Gasteiger partial charge in [-0.3, -0.25) is 4.79 Å². The summed E-state index contributed by atoms with van der Waals surface area (Å²) in [4.78, 5) is 14.0. The van der Waals surface area contributed by atoms with Gasteiger partial charge in [0.15, 0.2) is 0 Å². The molecule has 2 aliphatic rings. The summed E-state index contributed by atoms with van der Waals surface area (Å²) < 4.78 is 5.43. The molecule has 2 atom stereocenters. The second kappa shape index (κ2) is 4.30. The lowest BCUT2D eigenvalue weighted by Gasteiger charge is -2.28. The van der Waals surface area contributed by atoms with Gasteiger partial charge in [0.25, 0.3) is 0 Å². The summed E-state index contributed by atoms with van der Waals surface area (Å²) in [5, 5.41) is 0. The van der Waals surface area contributed by atoms with Gasteiger partial charge in [-0.05, 0) is 32.6 Å². The van der Waals surface area contributed by atoms with E-state index in [-0.39, 0.29) is 12.0 Å². The molecule has 2 rings (SSSR count). The minimum Gasteiger partial charge on any atom is -0.378 e. The first-order valence-corrected chi connectivity index (χ1v) is 5.68. The highest BCUT2D eigenvalue weighted by molar-refractivity contribution is 5.79. The number of ether oxygens (including phenoxy) is 1. The van der Waals surface area contributed by atoms with Crippen molar-refractivity contribution in [3.05, 3.63) is 0 Å². The van der Waals surface area contributed by atoms with Gasteiger partial charge in [-0.15, -0.1) is 0 Å². The molecule has 14 heavy (non-hydrogen) atoms. The lowest BCUT2D eigenvalue weighted by molar-refractivity contribution is -0.136. The number of rotatable bonds is 1. The van der Waals surface area contributed by atoms with Crippen LogP contribution in [0.15, 0.2) is 0 Å². The molecule has 0 aromatic carbocycles. The molecule has 0 aromatic rings. The Morgan fingerprint density at radius 2 is 2.00 bits per heavy atom. The van der Waals surface area contributed by atoms with Crippen LogP contribution in [0.2, 0.25) is 0 Å². The Labute approximate surface area is 85.4 Å². The van der Waals surface area contributed by atoms with Gasteiger partial charge in [-0.2, -0.15) is 0 Å². The Balaban J connectivity index is 1.87. The molecule has 0 aliphatic carbocycles. The molecule has 2 saturated heterocycles. The smallest absolute Gasteiger partial charge is 0.228 e. The van der Waals surface area contributed by atoms with E-state index in [4.69, 9.17) is 4.74 Å². The molecule has 2 aliphatic heterocycles. The number of hydrogen-bond donors (Lipinski definition) is 0. The zero-order chi connectivity index (χ0) is 9.97. The largest absolute Gasteiger partial charge is 0.378 e. The normalized spacial score (nSPS) is 33.4. The van der Waals surface area contributed by atoms with Crippen molar-refractivity contribution in [2.45, 2.75) is 38.7 Å². The van der Waals surface area contributed by atoms with Gasteiger partial charge in [-0.25, -0.2) is 0 Å². The second-order valence-electron chi connectivity index (χ2n) is 4.46. The first-order chi connectivity index (χ1) is 6.77. The van der Waals surface area contributed by atoms with Crippen molar-refractivity contribution >= 4 is 5.91 Å². The molecule has 0 radical (unpaired) electrons. The van der Waals surface area contributed by atoms with Gasteiger partial charge in [0, 0.05) is 13.1 Å². The SMILES string of the molecule is CC1CC(C(=O)N2CCCCC2)CO1. The zero-order valence-corrected chi connectivity index (χ0v) is 8.87. The molecule has 3 heteroatoms. The minimum absolute atomic E-state index is 0.142. The van der Waals surface area contributed by atoms with Crippen molar-refractivity contribution in [2.24, 2.45) is 5.92 Å². The number of nitrogens with zero attached hydrogens (tertiary/aromatic N) is 1. The summed E-state index contributed by atoms with van der Waals surface area (Å²) in [6.07, 6.45) is 4.81. The maximum absolute atomic E-state index is 12.0. The summed E-state index contributed by atoms with van der Waals surface area (Å²) >= 11 is 0. The number of hydrogen-bond acceptors (Lipinski definition) is 2. The van der Waals surface area contributed by atoms with E-state index < -0.39 is 0 Å². The predicted octanol–water partition coefficient (Wildman–Crippen LogP) is 1.42. The minimum atomic E-state index is 0.142. The Morgan fingerprint density at radius 1 is 1.29 bits per heavy atom. The Bertz CT molecular complexity index is 205. The van der Waals surface area contributed by atoms with E-state index in [9.17, 15) is 4.79 Å². The van der Waals surface area contributed by atoms with Crippen molar-refractivity contribution in [2.75, 3.05) is 19.7 Å². The molecular weight excluding hydrogens is 178 g/mol. The van der Waals surface area contributed by atoms with Crippen molar-refractivity contribution in [3.8, 4) is 0 Å². The second-order valence-corrected chi connectivity index (χ2v) is 4.46.